The summed E-state index contributed by atoms with van der Waals surface area (Å²) in [6.07, 6.45) is 3.80. The second-order valence-electron chi connectivity index (χ2n) is 8.32. The Morgan fingerprint density at radius 2 is 1.75 bits per heavy atom. The largest absolute Gasteiger partial charge is 0.351 e. The van der Waals surface area contributed by atoms with Crippen molar-refractivity contribution >= 4 is 48.8 Å². The Morgan fingerprint density at radius 3 is 2.36 bits per heavy atom. The molecule has 1 amide bonds. The first-order valence-electron chi connectivity index (χ1n) is 10.8. The van der Waals surface area contributed by atoms with Gasteiger partial charge in [-0.25, -0.2) is 17.7 Å². The molecular formula is C21H23FN6O6S2. The smallest absolute Gasteiger partial charge is 0.332 e. The molecule has 0 saturated carbocycles. The van der Waals surface area contributed by atoms with Gasteiger partial charge in [0.25, 0.3) is 5.56 Å². The number of nitrogens with one attached hydrogen (secondary N) is 2. The van der Waals surface area contributed by atoms with Crippen LogP contribution in [0, 0.1) is 0 Å². The van der Waals surface area contributed by atoms with Crippen molar-refractivity contribution in [1.82, 2.24) is 18.8 Å². The van der Waals surface area contributed by atoms with E-state index in [0.29, 0.717) is 31.3 Å². The molecule has 2 N–H and O–H groups in total. The first-order valence-corrected chi connectivity index (χ1v) is 14.1. The van der Waals surface area contributed by atoms with Crippen LogP contribution in [0.25, 0.3) is 11.0 Å². The van der Waals surface area contributed by atoms with Gasteiger partial charge >= 0.3 is 10.2 Å². The van der Waals surface area contributed by atoms with Gasteiger partial charge in [-0.3, -0.25) is 14.2 Å². The zero-order valence-corrected chi connectivity index (χ0v) is 20.7. The molecule has 1 aliphatic rings. The van der Waals surface area contributed by atoms with E-state index in [2.05, 4.69) is 20.6 Å². The number of benzene rings is 1. The Balaban J connectivity index is 1.50. The summed E-state index contributed by atoms with van der Waals surface area (Å²) >= 11 is 0. The molecule has 4 rings (SSSR count). The number of rotatable bonds is 7. The van der Waals surface area contributed by atoms with Gasteiger partial charge < -0.3 is 10.6 Å². The summed E-state index contributed by atoms with van der Waals surface area (Å²) < 4.78 is 60.9. The van der Waals surface area contributed by atoms with Gasteiger partial charge in [0.05, 0.1) is 11.2 Å². The van der Waals surface area contributed by atoms with Crippen molar-refractivity contribution in [3.8, 4) is 0 Å². The van der Waals surface area contributed by atoms with Crippen LogP contribution in [0.5, 0.6) is 0 Å². The number of amides is 1. The Morgan fingerprint density at radius 1 is 1.08 bits per heavy atom. The van der Waals surface area contributed by atoms with E-state index in [4.69, 9.17) is 0 Å². The summed E-state index contributed by atoms with van der Waals surface area (Å²) in [5, 5.41) is 6.22. The zero-order chi connectivity index (χ0) is 26.1. The average molecular weight is 539 g/mol. The van der Waals surface area contributed by atoms with Crippen LogP contribution in [0.15, 0.2) is 52.3 Å². The number of aromatic nitrogens is 3. The predicted octanol–water partition coefficient (Wildman–Crippen LogP) is 0.924. The van der Waals surface area contributed by atoms with Crippen molar-refractivity contribution in [2.45, 2.75) is 30.3 Å². The van der Waals surface area contributed by atoms with Crippen LogP contribution in [0.4, 0.5) is 15.5 Å². The Bertz CT molecular complexity index is 1570. The highest BCUT2D eigenvalue weighted by Crippen LogP contribution is 2.19. The van der Waals surface area contributed by atoms with Gasteiger partial charge in [0, 0.05) is 42.5 Å². The Kier molecular flexibility index (Phi) is 7.06. The van der Waals surface area contributed by atoms with Crippen LogP contribution in [-0.2, 0) is 31.6 Å². The molecule has 0 atom stereocenters. The zero-order valence-electron chi connectivity index (χ0n) is 19.1. The molecule has 12 nitrogen and oxygen atoms in total. The molecule has 0 aliphatic carbocycles. The first kappa shape index (κ1) is 25.7. The van der Waals surface area contributed by atoms with E-state index in [-0.39, 0.29) is 29.9 Å². The number of carbonyl (C=O) groups excluding carboxylic acids is 1. The fourth-order valence-corrected chi connectivity index (χ4v) is 5.19. The number of carbonyl (C=O) groups is 1. The van der Waals surface area contributed by atoms with E-state index < -0.39 is 36.6 Å². The van der Waals surface area contributed by atoms with Gasteiger partial charge in [0.2, 0.25) is 21.9 Å². The van der Waals surface area contributed by atoms with Gasteiger partial charge in [0.1, 0.15) is 12.2 Å². The van der Waals surface area contributed by atoms with Crippen LogP contribution in [-0.4, -0.2) is 67.0 Å². The van der Waals surface area contributed by atoms with Crippen molar-refractivity contribution in [3.05, 3.63) is 52.9 Å². The third-order valence-electron chi connectivity index (χ3n) is 5.70. The van der Waals surface area contributed by atoms with Gasteiger partial charge in [-0.15, -0.1) is 3.89 Å². The summed E-state index contributed by atoms with van der Waals surface area (Å²) in [6, 6.07) is 7.25. The first-order chi connectivity index (χ1) is 16.9. The number of sulfonamides is 1. The maximum atomic E-state index is 13.0. The molecular weight excluding hydrogens is 515 g/mol. The number of hydrogen-bond acceptors (Lipinski definition) is 9. The van der Waals surface area contributed by atoms with E-state index >= 15 is 0 Å². The molecule has 0 unspecified atom stereocenters. The molecule has 1 fully saturated rings. The number of halogens is 1. The monoisotopic (exact) mass is 538 g/mol. The third kappa shape index (κ3) is 6.03. The molecule has 0 bridgehead atoms. The fraction of sp³-hybridized carbons (Fsp3) is 0.333. The van der Waals surface area contributed by atoms with E-state index in [1.54, 1.807) is 0 Å². The number of hydrogen-bond donors (Lipinski definition) is 2. The minimum atomic E-state index is -4.86. The normalized spacial score (nSPS) is 15.6. The van der Waals surface area contributed by atoms with E-state index in [1.807, 2.05) is 0 Å². The fourth-order valence-electron chi connectivity index (χ4n) is 3.85. The van der Waals surface area contributed by atoms with Gasteiger partial charge in [0.15, 0.2) is 0 Å². The molecule has 0 spiro atoms. The molecule has 0 radical (unpaired) electrons. The summed E-state index contributed by atoms with van der Waals surface area (Å²) in [4.78, 5) is 33.3. The quantitative estimate of drug-likeness (QED) is 0.417. The van der Waals surface area contributed by atoms with Crippen LogP contribution in [0.1, 0.15) is 12.8 Å². The number of piperidine rings is 1. The molecule has 36 heavy (non-hydrogen) atoms. The van der Waals surface area contributed by atoms with Gasteiger partial charge in [-0.2, -0.15) is 13.4 Å². The van der Waals surface area contributed by atoms with Crippen molar-refractivity contribution < 1.29 is 25.5 Å². The molecule has 3 heterocycles. The maximum absolute atomic E-state index is 13.0. The number of fused-ring (bicyclic) bond motifs is 1. The molecule has 2 aromatic heterocycles. The number of pyridine rings is 1. The van der Waals surface area contributed by atoms with E-state index in [1.165, 1.54) is 45.6 Å². The highest BCUT2D eigenvalue weighted by Gasteiger charge is 2.25. The van der Waals surface area contributed by atoms with E-state index in [9.17, 15) is 30.3 Å². The molecule has 1 aromatic carbocycles. The van der Waals surface area contributed by atoms with Crippen LogP contribution in [0.2, 0.25) is 0 Å². The Hall–Kier alpha value is -3.43. The lowest BCUT2D eigenvalue weighted by molar-refractivity contribution is -0.116. The third-order valence-corrected chi connectivity index (χ3v) is 7.84. The summed E-state index contributed by atoms with van der Waals surface area (Å²) in [5.41, 5.74) is -0.0247. The standard InChI is InChI=1S/C21H23FN6O6S2/c1-35(31,32)27-10-8-16(9-11-27)25-21-23-12-14-2-7-19(30)28(20(14)26-21)13-18(29)24-15-3-5-17(6-4-15)36(22,33)34/h2-7,12,16H,8-11,13H2,1H3,(H,24,29)(H,23,25,26). The van der Waals surface area contributed by atoms with Crippen LogP contribution < -0.4 is 16.2 Å². The highest BCUT2D eigenvalue weighted by molar-refractivity contribution is 7.88. The summed E-state index contributed by atoms with van der Waals surface area (Å²) in [7, 11) is -8.11. The SMILES string of the molecule is CS(=O)(=O)N1CCC(Nc2ncc3ccc(=O)n(CC(=O)Nc4ccc(S(=O)(=O)F)cc4)c3n2)CC1. The average Bonchev–Trinajstić information content (AvgIpc) is 2.80. The minimum absolute atomic E-state index is 0.0660. The lowest BCUT2D eigenvalue weighted by Crippen LogP contribution is -2.42. The van der Waals surface area contributed by atoms with Crippen LogP contribution >= 0.6 is 0 Å². The summed E-state index contributed by atoms with van der Waals surface area (Å²) in [6.45, 7) is 0.350. The number of anilines is 2. The molecule has 192 valence electrons. The molecule has 1 saturated heterocycles. The lowest BCUT2D eigenvalue weighted by Gasteiger charge is -2.30. The van der Waals surface area contributed by atoms with Crippen molar-refractivity contribution in [1.29, 1.82) is 0 Å². The maximum Gasteiger partial charge on any atom is 0.332 e. The van der Waals surface area contributed by atoms with Gasteiger partial charge in [-0.05, 0) is 43.2 Å². The van der Waals surface area contributed by atoms with Crippen molar-refractivity contribution in [3.63, 3.8) is 0 Å². The van der Waals surface area contributed by atoms with E-state index in [0.717, 1.165) is 12.1 Å². The van der Waals surface area contributed by atoms with Crippen molar-refractivity contribution in [2.24, 2.45) is 0 Å². The molecule has 3 aromatic rings. The minimum Gasteiger partial charge on any atom is -0.351 e. The second-order valence-corrected chi connectivity index (χ2v) is 11.7. The lowest BCUT2D eigenvalue weighted by atomic mass is 10.1. The topological polar surface area (TPSA) is 160 Å². The predicted molar refractivity (Wildman–Crippen MR) is 130 cm³/mol. The molecule has 15 heteroatoms. The van der Waals surface area contributed by atoms with Crippen molar-refractivity contribution in [2.75, 3.05) is 30.0 Å². The second kappa shape index (κ2) is 9.91. The molecule has 1 aliphatic heterocycles. The Labute approximate surface area is 206 Å². The van der Waals surface area contributed by atoms with Crippen LogP contribution in [0.3, 0.4) is 0 Å². The van der Waals surface area contributed by atoms with Gasteiger partial charge in [-0.1, -0.05) is 0 Å². The summed E-state index contributed by atoms with van der Waals surface area (Å²) in [5.74, 6) is -0.343. The number of nitrogens with zero attached hydrogens (tertiary/aromatic N) is 4. The highest BCUT2D eigenvalue weighted by atomic mass is 32.3.